The van der Waals surface area contributed by atoms with Gasteiger partial charge in [-0.1, -0.05) is 44.2 Å². The van der Waals surface area contributed by atoms with E-state index in [1.165, 1.54) is 0 Å². The Bertz CT molecular complexity index is 251. The summed E-state index contributed by atoms with van der Waals surface area (Å²) in [6.07, 6.45) is 2.65. The van der Waals surface area contributed by atoms with Gasteiger partial charge in [-0.2, -0.15) is 0 Å². The van der Waals surface area contributed by atoms with Crippen molar-refractivity contribution in [3.05, 3.63) is 24.8 Å². The van der Waals surface area contributed by atoms with Crippen LogP contribution < -0.4 is 0 Å². The lowest BCUT2D eigenvalue weighted by Crippen LogP contribution is -2.30. The third-order valence-corrected chi connectivity index (χ3v) is 2.80. The molecular weight excluding hydrogens is 174 g/mol. The Balaban J connectivity index is 4.91. The summed E-state index contributed by atoms with van der Waals surface area (Å²) < 4.78 is 0. The first-order valence-electron chi connectivity index (χ1n) is 4.87. The second-order valence-corrected chi connectivity index (χ2v) is 4.32. The number of hydrogen-bond acceptors (Lipinski definition) is 2. The van der Waals surface area contributed by atoms with Gasteiger partial charge in [0.15, 0.2) is 0 Å². The minimum atomic E-state index is -0.253. The number of allylic oxidation sites excluding steroid dienone is 2. The van der Waals surface area contributed by atoms with Gasteiger partial charge in [0.2, 0.25) is 0 Å². The third-order valence-electron chi connectivity index (χ3n) is 2.80. The summed E-state index contributed by atoms with van der Waals surface area (Å²) in [4.78, 5) is 0. The molecule has 0 saturated carbocycles. The van der Waals surface area contributed by atoms with Gasteiger partial charge in [-0.05, 0) is 13.3 Å². The van der Waals surface area contributed by atoms with Crippen molar-refractivity contribution in [2.24, 2.45) is 16.5 Å². The Kier molecular flexibility index (Phi) is 4.61. The van der Waals surface area contributed by atoms with Gasteiger partial charge in [-0.3, -0.25) is 0 Å². The molecule has 80 valence electrons. The van der Waals surface area contributed by atoms with Crippen molar-refractivity contribution >= 4 is 5.71 Å². The molecule has 0 amide bonds. The molecule has 0 bridgehead atoms. The van der Waals surface area contributed by atoms with Crippen molar-refractivity contribution in [2.45, 2.75) is 34.1 Å². The normalized spacial score (nSPS) is 15.0. The Morgan fingerprint density at radius 1 is 1.57 bits per heavy atom. The van der Waals surface area contributed by atoms with Gasteiger partial charge in [0.1, 0.15) is 0 Å². The molecule has 0 heterocycles. The van der Waals surface area contributed by atoms with E-state index < -0.39 is 0 Å². The van der Waals surface area contributed by atoms with Crippen LogP contribution in [0.25, 0.3) is 0 Å². The van der Waals surface area contributed by atoms with Crippen LogP contribution >= 0.6 is 0 Å². The fraction of sp³-hybridized carbons (Fsp3) is 0.583. The largest absolute Gasteiger partial charge is 0.411 e. The molecule has 1 atom stereocenters. The molecule has 1 N–H and O–H groups in total. The number of oxime groups is 1. The molecule has 0 saturated heterocycles. The Morgan fingerprint density at radius 3 is 2.36 bits per heavy atom. The highest BCUT2D eigenvalue weighted by Gasteiger charge is 2.29. The zero-order chi connectivity index (χ0) is 11.4. The molecule has 2 heteroatoms. The molecule has 2 nitrogen and oxygen atoms in total. The third kappa shape index (κ3) is 2.72. The maximum Gasteiger partial charge on any atom is 0.0698 e. The van der Waals surface area contributed by atoms with E-state index in [0.717, 1.165) is 17.7 Å². The van der Waals surface area contributed by atoms with Crippen LogP contribution in [0.1, 0.15) is 34.1 Å². The number of rotatable bonds is 5. The summed E-state index contributed by atoms with van der Waals surface area (Å²) in [7, 11) is 0. The molecule has 0 rings (SSSR count). The second kappa shape index (κ2) is 4.99. The topological polar surface area (TPSA) is 32.6 Å². The highest BCUT2D eigenvalue weighted by Crippen LogP contribution is 2.31. The van der Waals surface area contributed by atoms with Gasteiger partial charge < -0.3 is 5.21 Å². The van der Waals surface area contributed by atoms with E-state index in [4.69, 9.17) is 5.21 Å². The average Bonchev–Trinajstić information content (AvgIpc) is 2.04. The van der Waals surface area contributed by atoms with Crippen molar-refractivity contribution in [3.63, 3.8) is 0 Å². The van der Waals surface area contributed by atoms with Gasteiger partial charge in [0.25, 0.3) is 0 Å². The quantitative estimate of drug-likeness (QED) is 0.309. The predicted octanol–water partition coefficient (Wildman–Crippen LogP) is 3.63. The van der Waals surface area contributed by atoms with E-state index >= 15 is 0 Å². The Labute approximate surface area is 87.0 Å². The van der Waals surface area contributed by atoms with Crippen LogP contribution in [-0.4, -0.2) is 10.9 Å². The van der Waals surface area contributed by atoms with Crippen LogP contribution in [0.5, 0.6) is 0 Å². The molecule has 0 aromatic rings. The molecule has 0 spiro atoms. The molecule has 0 aliphatic rings. The van der Waals surface area contributed by atoms with Crippen LogP contribution in [0.4, 0.5) is 0 Å². The minimum absolute atomic E-state index is 0.198. The van der Waals surface area contributed by atoms with Crippen molar-refractivity contribution < 1.29 is 5.21 Å². The lowest BCUT2D eigenvalue weighted by molar-refractivity contribution is 0.306. The smallest absolute Gasteiger partial charge is 0.0698 e. The summed E-state index contributed by atoms with van der Waals surface area (Å²) in [6.45, 7) is 15.6. The lowest BCUT2D eigenvalue weighted by atomic mass is 9.75. The van der Waals surface area contributed by atoms with Crippen LogP contribution in [0, 0.1) is 11.3 Å². The molecular formula is C12H21NO. The molecule has 0 aromatic carbocycles. The average molecular weight is 195 g/mol. The Hall–Kier alpha value is -1.05. The first-order valence-corrected chi connectivity index (χ1v) is 4.87. The van der Waals surface area contributed by atoms with Gasteiger partial charge in [0, 0.05) is 11.3 Å². The van der Waals surface area contributed by atoms with Crippen molar-refractivity contribution in [3.8, 4) is 0 Å². The van der Waals surface area contributed by atoms with E-state index in [2.05, 4.69) is 18.3 Å². The predicted molar refractivity (Wildman–Crippen MR) is 61.8 cm³/mol. The monoisotopic (exact) mass is 195 g/mol. The molecule has 0 fully saturated rings. The van der Waals surface area contributed by atoms with Gasteiger partial charge >= 0.3 is 0 Å². The molecule has 0 radical (unpaired) electrons. The summed E-state index contributed by atoms with van der Waals surface area (Å²) in [6, 6.07) is 0. The molecule has 14 heavy (non-hydrogen) atoms. The van der Waals surface area contributed by atoms with Gasteiger partial charge in [-0.25, -0.2) is 0 Å². The first-order chi connectivity index (χ1) is 6.37. The summed E-state index contributed by atoms with van der Waals surface area (Å²) in [5, 5.41) is 12.4. The first kappa shape index (κ1) is 12.9. The molecule has 0 aliphatic carbocycles. The number of hydrogen-bond donors (Lipinski definition) is 1. The SMILES string of the molecule is C=CCC(C)C(=NO)C(C)(C)C(=C)C. The van der Waals surface area contributed by atoms with Crippen LogP contribution in [0.3, 0.4) is 0 Å². The van der Waals surface area contributed by atoms with Crippen LogP contribution in [0.2, 0.25) is 0 Å². The van der Waals surface area contributed by atoms with Crippen LogP contribution in [0.15, 0.2) is 30.0 Å². The van der Waals surface area contributed by atoms with E-state index in [0.29, 0.717) is 0 Å². The lowest BCUT2D eigenvalue weighted by Gasteiger charge is -2.29. The molecule has 1 unspecified atom stereocenters. The highest BCUT2D eigenvalue weighted by atomic mass is 16.4. The maximum absolute atomic E-state index is 9.02. The van der Waals surface area contributed by atoms with E-state index in [-0.39, 0.29) is 11.3 Å². The van der Waals surface area contributed by atoms with Crippen molar-refractivity contribution in [1.82, 2.24) is 0 Å². The Morgan fingerprint density at radius 2 is 2.07 bits per heavy atom. The van der Waals surface area contributed by atoms with Gasteiger partial charge in [-0.15, -0.1) is 6.58 Å². The van der Waals surface area contributed by atoms with Gasteiger partial charge in [0.05, 0.1) is 5.71 Å². The van der Waals surface area contributed by atoms with E-state index in [1.807, 2.05) is 33.8 Å². The second-order valence-electron chi connectivity index (χ2n) is 4.32. The standard InChI is InChI=1S/C12H21NO/c1-7-8-10(4)11(13-14)12(5,6)9(2)3/h7,10,14H,1-2,8H2,3-6H3. The molecule has 0 aromatic heterocycles. The van der Waals surface area contributed by atoms with Crippen molar-refractivity contribution in [2.75, 3.05) is 0 Å². The van der Waals surface area contributed by atoms with Crippen LogP contribution in [-0.2, 0) is 0 Å². The summed E-state index contributed by atoms with van der Waals surface area (Å²) >= 11 is 0. The maximum atomic E-state index is 9.02. The molecule has 0 aliphatic heterocycles. The zero-order valence-electron chi connectivity index (χ0n) is 9.67. The number of nitrogens with zero attached hydrogens (tertiary/aromatic N) is 1. The summed E-state index contributed by atoms with van der Waals surface area (Å²) in [5.74, 6) is 0.198. The zero-order valence-corrected chi connectivity index (χ0v) is 9.67. The van der Waals surface area contributed by atoms with E-state index in [1.54, 1.807) is 0 Å². The van der Waals surface area contributed by atoms with Crippen molar-refractivity contribution in [1.29, 1.82) is 0 Å². The minimum Gasteiger partial charge on any atom is -0.411 e. The van der Waals surface area contributed by atoms with E-state index in [9.17, 15) is 0 Å². The fourth-order valence-electron chi connectivity index (χ4n) is 1.42. The summed E-state index contributed by atoms with van der Waals surface area (Å²) in [5.41, 5.74) is 1.52. The highest BCUT2D eigenvalue weighted by molar-refractivity contribution is 5.93. The fourth-order valence-corrected chi connectivity index (χ4v) is 1.42.